The van der Waals surface area contributed by atoms with Gasteiger partial charge in [-0.15, -0.1) is 0 Å². The predicted octanol–water partition coefficient (Wildman–Crippen LogP) is 6.15. The molecular weight excluding hydrogens is 445 g/mol. The van der Waals surface area contributed by atoms with E-state index in [1.54, 1.807) is 6.92 Å². The molecule has 1 aliphatic rings. The van der Waals surface area contributed by atoms with Gasteiger partial charge in [-0.3, -0.25) is 9.79 Å². The van der Waals surface area contributed by atoms with Gasteiger partial charge in [0.1, 0.15) is 11.5 Å². The highest BCUT2D eigenvalue weighted by Gasteiger charge is 2.36. The van der Waals surface area contributed by atoms with E-state index in [0.717, 1.165) is 35.9 Å². The number of fused-ring (bicyclic) bond motifs is 1. The van der Waals surface area contributed by atoms with Gasteiger partial charge in [0.25, 0.3) is 0 Å². The molecule has 0 spiro atoms. The minimum absolute atomic E-state index is 0.0264. The number of oxazole rings is 1. The van der Waals surface area contributed by atoms with Gasteiger partial charge >= 0.3 is 6.18 Å². The van der Waals surface area contributed by atoms with Crippen LogP contribution in [-0.4, -0.2) is 30.7 Å². The Bertz CT molecular complexity index is 1280. The number of rotatable bonds is 5. The third kappa shape index (κ3) is 4.69. The molecule has 3 aromatic rings. The number of hydrogen-bond donors (Lipinski definition) is 1. The number of aryl methyl sites for hydroxylation is 2. The summed E-state index contributed by atoms with van der Waals surface area (Å²) >= 11 is 0. The van der Waals surface area contributed by atoms with Crippen LogP contribution in [0.4, 0.5) is 30.2 Å². The maximum Gasteiger partial charge on any atom is 0.418 e. The van der Waals surface area contributed by atoms with Gasteiger partial charge in [0.2, 0.25) is 5.91 Å². The van der Waals surface area contributed by atoms with Crippen LogP contribution in [0.15, 0.2) is 45.8 Å². The molecule has 0 saturated heterocycles. The average molecular weight is 470 g/mol. The van der Waals surface area contributed by atoms with Gasteiger partial charge in [-0.1, -0.05) is 25.1 Å². The number of hydrogen-bond acceptors (Lipinski definition) is 5. The van der Waals surface area contributed by atoms with E-state index in [1.807, 2.05) is 24.3 Å². The van der Waals surface area contributed by atoms with E-state index in [1.165, 1.54) is 25.1 Å². The Kier molecular flexibility index (Phi) is 6.20. The van der Waals surface area contributed by atoms with Crippen molar-refractivity contribution in [2.75, 3.05) is 24.3 Å². The van der Waals surface area contributed by atoms with E-state index in [2.05, 4.69) is 22.2 Å². The molecule has 0 radical (unpaired) electrons. The van der Waals surface area contributed by atoms with Crippen molar-refractivity contribution in [3.63, 3.8) is 0 Å². The first kappa shape index (κ1) is 23.5. The fraction of sp³-hybridized carbons (Fsp3) is 0.320. The molecule has 9 heteroatoms. The molecule has 1 N–H and O–H groups in total. The molecule has 1 amide bonds. The summed E-state index contributed by atoms with van der Waals surface area (Å²) in [7, 11) is 3.07. The lowest BCUT2D eigenvalue weighted by atomic mass is 10.0. The van der Waals surface area contributed by atoms with Crippen molar-refractivity contribution in [1.82, 2.24) is 4.98 Å². The molecule has 0 fully saturated rings. The van der Waals surface area contributed by atoms with Crippen LogP contribution in [0.5, 0.6) is 0 Å². The lowest BCUT2D eigenvalue weighted by Gasteiger charge is -2.21. The van der Waals surface area contributed by atoms with Crippen molar-refractivity contribution in [2.24, 2.45) is 4.99 Å². The zero-order chi connectivity index (χ0) is 24.6. The third-order valence-electron chi connectivity index (χ3n) is 5.51. The Morgan fingerprint density at radius 2 is 1.88 bits per heavy atom. The summed E-state index contributed by atoms with van der Waals surface area (Å²) in [5.74, 6) is 0.927. The van der Waals surface area contributed by atoms with E-state index < -0.39 is 17.6 Å². The fourth-order valence-electron chi connectivity index (χ4n) is 4.00. The van der Waals surface area contributed by atoms with Crippen LogP contribution < -0.4 is 10.2 Å². The number of nitrogens with zero attached hydrogens (tertiary/aromatic N) is 3. The minimum atomic E-state index is -4.57. The fourth-order valence-corrected chi connectivity index (χ4v) is 4.00. The number of aromatic nitrogens is 1. The molecule has 0 unspecified atom stereocenters. The monoisotopic (exact) mass is 470 g/mol. The first-order valence-electron chi connectivity index (χ1n) is 10.9. The SMILES string of the molecule is CCCc1oc(C)nc1-c1cccc(C2=Nc3cc(N(C)C)c(C(F)(F)F)cc3NC(=O)C2)c1. The van der Waals surface area contributed by atoms with E-state index >= 15 is 0 Å². The van der Waals surface area contributed by atoms with E-state index in [9.17, 15) is 18.0 Å². The summed E-state index contributed by atoms with van der Waals surface area (Å²) in [4.78, 5) is 23.1. The molecular formula is C25H25F3N4O2. The molecule has 0 bridgehead atoms. The second-order valence-electron chi connectivity index (χ2n) is 8.40. The van der Waals surface area contributed by atoms with Gasteiger partial charge in [-0.2, -0.15) is 13.2 Å². The van der Waals surface area contributed by atoms with Crippen LogP contribution in [0.3, 0.4) is 0 Å². The maximum absolute atomic E-state index is 13.6. The second-order valence-corrected chi connectivity index (χ2v) is 8.40. The van der Waals surface area contributed by atoms with Crippen LogP contribution in [0, 0.1) is 6.92 Å². The van der Waals surface area contributed by atoms with Gasteiger partial charge in [-0.05, 0) is 30.2 Å². The van der Waals surface area contributed by atoms with Crippen molar-refractivity contribution in [2.45, 2.75) is 39.3 Å². The molecule has 1 aliphatic heterocycles. The molecule has 6 nitrogen and oxygen atoms in total. The number of carbonyl (C=O) groups excluding carboxylic acids is 1. The summed E-state index contributed by atoms with van der Waals surface area (Å²) in [6.45, 7) is 3.85. The molecule has 178 valence electrons. The molecule has 34 heavy (non-hydrogen) atoms. The molecule has 4 rings (SSSR count). The Balaban J connectivity index is 1.82. The van der Waals surface area contributed by atoms with Crippen molar-refractivity contribution < 1.29 is 22.4 Å². The van der Waals surface area contributed by atoms with Gasteiger partial charge < -0.3 is 14.6 Å². The Hall–Kier alpha value is -3.62. The highest BCUT2D eigenvalue weighted by molar-refractivity contribution is 6.17. The molecule has 2 heterocycles. The Morgan fingerprint density at radius 1 is 1.15 bits per heavy atom. The predicted molar refractivity (Wildman–Crippen MR) is 126 cm³/mol. The number of alkyl halides is 3. The van der Waals surface area contributed by atoms with Crippen molar-refractivity contribution in [1.29, 1.82) is 0 Å². The lowest BCUT2D eigenvalue weighted by Crippen LogP contribution is -2.18. The number of anilines is 2. The van der Waals surface area contributed by atoms with Gasteiger partial charge in [-0.25, -0.2) is 4.98 Å². The van der Waals surface area contributed by atoms with Crippen LogP contribution in [-0.2, 0) is 17.4 Å². The van der Waals surface area contributed by atoms with Crippen LogP contribution in [0.2, 0.25) is 0 Å². The van der Waals surface area contributed by atoms with Gasteiger partial charge in [0, 0.05) is 33.0 Å². The zero-order valence-corrected chi connectivity index (χ0v) is 19.4. The number of aliphatic imine (C=N–C) groups is 1. The third-order valence-corrected chi connectivity index (χ3v) is 5.51. The first-order valence-corrected chi connectivity index (χ1v) is 10.9. The highest BCUT2D eigenvalue weighted by Crippen LogP contribution is 2.43. The van der Waals surface area contributed by atoms with Crippen molar-refractivity contribution >= 4 is 28.7 Å². The summed E-state index contributed by atoms with van der Waals surface area (Å²) in [6.07, 6.45) is -3.00. The smallest absolute Gasteiger partial charge is 0.418 e. The summed E-state index contributed by atoms with van der Waals surface area (Å²) in [6, 6.07) is 9.75. The van der Waals surface area contributed by atoms with Crippen LogP contribution in [0.25, 0.3) is 11.3 Å². The second kappa shape index (κ2) is 8.96. The number of amides is 1. The molecule has 0 saturated carbocycles. The Morgan fingerprint density at radius 3 is 2.56 bits per heavy atom. The van der Waals surface area contributed by atoms with Crippen molar-refractivity contribution in [3.05, 3.63) is 59.2 Å². The first-order chi connectivity index (χ1) is 16.1. The van der Waals surface area contributed by atoms with Gasteiger partial charge in [0.05, 0.1) is 34.8 Å². The quantitative estimate of drug-likeness (QED) is 0.486. The lowest BCUT2D eigenvalue weighted by molar-refractivity contribution is -0.137. The topological polar surface area (TPSA) is 70.7 Å². The molecule has 2 aromatic carbocycles. The number of halogens is 3. The summed E-state index contributed by atoms with van der Waals surface area (Å²) in [5.41, 5.74) is 2.16. The average Bonchev–Trinajstić information content (AvgIpc) is 3.04. The number of carbonyl (C=O) groups is 1. The minimum Gasteiger partial charge on any atom is -0.445 e. The summed E-state index contributed by atoms with van der Waals surface area (Å²) in [5, 5.41) is 2.58. The maximum atomic E-state index is 13.6. The van der Waals surface area contributed by atoms with Crippen molar-refractivity contribution in [3.8, 4) is 11.3 Å². The zero-order valence-electron chi connectivity index (χ0n) is 19.4. The number of benzene rings is 2. The highest BCUT2D eigenvalue weighted by atomic mass is 19.4. The van der Waals surface area contributed by atoms with Crippen LogP contribution >= 0.6 is 0 Å². The van der Waals surface area contributed by atoms with E-state index in [-0.39, 0.29) is 23.5 Å². The van der Waals surface area contributed by atoms with Gasteiger partial charge in [0.15, 0.2) is 5.89 Å². The molecule has 1 aromatic heterocycles. The van der Waals surface area contributed by atoms with E-state index in [4.69, 9.17) is 4.42 Å². The Labute approximate surface area is 195 Å². The standard InChI is InChI=1S/C25H25F3N4O2/c1-5-7-22-24(29-14(2)34-22)16-9-6-8-15(10-16)18-13-23(33)31-19-11-17(25(26,27)28)21(32(3)4)12-20(19)30-18/h6,8-12H,5,7,13H2,1-4H3,(H,31,33). The molecule has 0 atom stereocenters. The largest absolute Gasteiger partial charge is 0.445 e. The molecule has 0 aliphatic carbocycles. The van der Waals surface area contributed by atoms with E-state index in [0.29, 0.717) is 17.2 Å². The van der Waals surface area contributed by atoms with Crippen LogP contribution in [0.1, 0.15) is 42.5 Å². The number of nitrogens with one attached hydrogen (secondary N) is 1. The normalized spacial score (nSPS) is 13.7. The summed E-state index contributed by atoms with van der Waals surface area (Å²) < 4.78 is 46.6.